The molecule has 3 rings (SSSR count). The summed E-state index contributed by atoms with van der Waals surface area (Å²) in [6, 6.07) is 7.95. The topological polar surface area (TPSA) is 109 Å². The Morgan fingerprint density at radius 3 is 2.61 bits per heavy atom. The number of benzene rings is 2. The molecule has 3 aromatic rings. The van der Waals surface area contributed by atoms with Crippen molar-refractivity contribution in [1.82, 2.24) is 0 Å². The molecule has 1 heterocycles. The molecule has 0 radical (unpaired) electrons. The molecule has 0 aliphatic heterocycles. The minimum Gasteiger partial charge on any atom is -0.462 e. The fraction of sp³-hybridized carbons (Fsp3) is 0.158. The van der Waals surface area contributed by atoms with Gasteiger partial charge in [-0.1, -0.05) is 11.6 Å². The highest BCUT2D eigenvalue weighted by Gasteiger charge is 2.22. The largest absolute Gasteiger partial charge is 0.462 e. The Morgan fingerprint density at radius 1 is 1.18 bits per heavy atom. The summed E-state index contributed by atoms with van der Waals surface area (Å²) in [7, 11) is 0. The zero-order valence-electron chi connectivity index (χ0n) is 14.9. The number of halogens is 1. The van der Waals surface area contributed by atoms with Crippen LogP contribution in [0.3, 0.4) is 0 Å². The second-order valence-corrected chi connectivity index (χ2v) is 6.13. The number of nitro groups is 1. The van der Waals surface area contributed by atoms with Gasteiger partial charge in [0.25, 0.3) is 5.69 Å². The molecule has 8 nitrogen and oxygen atoms in total. The summed E-state index contributed by atoms with van der Waals surface area (Å²) in [5.74, 6) is -0.931. The van der Waals surface area contributed by atoms with Crippen LogP contribution in [0.25, 0.3) is 11.0 Å². The number of carbonyl (C=O) groups is 2. The van der Waals surface area contributed by atoms with Crippen molar-refractivity contribution in [3.05, 3.63) is 68.4 Å². The third kappa shape index (κ3) is 3.67. The number of aryl methyl sites for hydroxylation is 1. The highest BCUT2D eigenvalue weighted by molar-refractivity contribution is 6.33. The van der Waals surface area contributed by atoms with E-state index >= 15 is 0 Å². The predicted octanol–water partition coefficient (Wildman–Crippen LogP) is 4.70. The molecule has 0 amide bonds. The van der Waals surface area contributed by atoms with E-state index in [9.17, 15) is 19.7 Å². The fourth-order valence-corrected chi connectivity index (χ4v) is 2.86. The average molecular weight is 404 g/mol. The van der Waals surface area contributed by atoms with Crippen LogP contribution in [-0.4, -0.2) is 23.5 Å². The maximum absolute atomic E-state index is 12.4. The predicted molar refractivity (Wildman–Crippen MR) is 100.0 cm³/mol. The van der Waals surface area contributed by atoms with Crippen molar-refractivity contribution in [3.63, 3.8) is 0 Å². The van der Waals surface area contributed by atoms with Gasteiger partial charge in [-0.3, -0.25) is 10.1 Å². The van der Waals surface area contributed by atoms with E-state index in [1.807, 2.05) is 0 Å². The fourth-order valence-electron chi connectivity index (χ4n) is 2.66. The number of hydrogen-bond donors (Lipinski definition) is 0. The number of carbonyl (C=O) groups excluding carboxylic acids is 2. The number of ether oxygens (including phenoxy) is 2. The van der Waals surface area contributed by atoms with Crippen molar-refractivity contribution in [3.8, 4) is 5.75 Å². The molecule has 0 saturated heterocycles. The lowest BCUT2D eigenvalue weighted by Gasteiger charge is -2.06. The molecule has 0 aliphatic rings. The standard InChI is InChI=1S/C19H14ClNO7/c1-3-26-19(23)17-10(2)27-16-7-5-12(9-14(16)17)28-18(22)13-8-11(21(24)25)4-6-15(13)20/h4-9H,3H2,1-2H3. The van der Waals surface area contributed by atoms with Gasteiger partial charge in [0.1, 0.15) is 22.7 Å². The van der Waals surface area contributed by atoms with E-state index in [-0.39, 0.29) is 34.2 Å². The van der Waals surface area contributed by atoms with Gasteiger partial charge < -0.3 is 13.9 Å². The van der Waals surface area contributed by atoms with E-state index in [1.165, 1.54) is 24.3 Å². The number of nitro benzene ring substituents is 1. The first-order valence-corrected chi connectivity index (χ1v) is 8.56. The number of rotatable bonds is 5. The summed E-state index contributed by atoms with van der Waals surface area (Å²) < 4.78 is 15.9. The summed E-state index contributed by atoms with van der Waals surface area (Å²) in [5.41, 5.74) is 0.226. The smallest absolute Gasteiger partial charge is 0.345 e. The van der Waals surface area contributed by atoms with Crippen LogP contribution in [-0.2, 0) is 4.74 Å². The quantitative estimate of drug-likeness (QED) is 0.263. The monoisotopic (exact) mass is 403 g/mol. The van der Waals surface area contributed by atoms with Crippen LogP contribution >= 0.6 is 11.6 Å². The van der Waals surface area contributed by atoms with Crippen LogP contribution < -0.4 is 4.74 Å². The lowest BCUT2D eigenvalue weighted by atomic mass is 10.1. The van der Waals surface area contributed by atoms with Gasteiger partial charge >= 0.3 is 11.9 Å². The van der Waals surface area contributed by atoms with E-state index in [0.29, 0.717) is 16.7 Å². The Labute approximate surface area is 163 Å². The number of fused-ring (bicyclic) bond motifs is 1. The molecule has 144 valence electrons. The van der Waals surface area contributed by atoms with Crippen LogP contribution in [0.1, 0.15) is 33.4 Å². The molecule has 0 aliphatic carbocycles. The molecule has 9 heteroatoms. The van der Waals surface area contributed by atoms with Gasteiger partial charge in [-0.25, -0.2) is 9.59 Å². The number of nitrogens with zero attached hydrogens (tertiary/aromatic N) is 1. The first-order valence-electron chi connectivity index (χ1n) is 8.18. The Kier molecular flexibility index (Phi) is 5.32. The zero-order chi connectivity index (χ0) is 20.4. The number of furan rings is 1. The molecule has 0 saturated carbocycles. The third-order valence-electron chi connectivity index (χ3n) is 3.91. The number of hydrogen-bond acceptors (Lipinski definition) is 7. The molecular weight excluding hydrogens is 390 g/mol. The van der Waals surface area contributed by atoms with Gasteiger partial charge in [0.05, 0.1) is 22.1 Å². The van der Waals surface area contributed by atoms with Crippen LogP contribution in [0, 0.1) is 17.0 Å². The van der Waals surface area contributed by atoms with E-state index in [1.54, 1.807) is 19.9 Å². The number of non-ortho nitro benzene ring substituents is 1. The molecule has 0 bridgehead atoms. The van der Waals surface area contributed by atoms with Gasteiger partial charge in [-0.05, 0) is 38.1 Å². The Morgan fingerprint density at radius 2 is 1.93 bits per heavy atom. The van der Waals surface area contributed by atoms with Crippen molar-refractivity contribution >= 4 is 40.2 Å². The molecule has 0 atom stereocenters. The van der Waals surface area contributed by atoms with Gasteiger partial charge in [-0.2, -0.15) is 0 Å². The maximum Gasteiger partial charge on any atom is 0.345 e. The molecule has 1 aromatic heterocycles. The highest BCUT2D eigenvalue weighted by Crippen LogP contribution is 2.31. The Hall–Kier alpha value is -3.39. The summed E-state index contributed by atoms with van der Waals surface area (Å²) in [5, 5.41) is 11.3. The molecule has 0 spiro atoms. The summed E-state index contributed by atoms with van der Waals surface area (Å²) >= 11 is 5.96. The lowest BCUT2D eigenvalue weighted by molar-refractivity contribution is -0.384. The minimum atomic E-state index is -0.869. The zero-order valence-corrected chi connectivity index (χ0v) is 15.6. The average Bonchev–Trinajstić information content (AvgIpc) is 2.97. The van der Waals surface area contributed by atoms with E-state index in [4.69, 9.17) is 25.5 Å². The van der Waals surface area contributed by atoms with E-state index < -0.39 is 16.9 Å². The summed E-state index contributed by atoms with van der Waals surface area (Å²) in [4.78, 5) is 34.9. The van der Waals surface area contributed by atoms with Gasteiger partial charge in [0, 0.05) is 17.5 Å². The third-order valence-corrected chi connectivity index (χ3v) is 4.24. The summed E-state index contributed by atoms with van der Waals surface area (Å²) in [6.07, 6.45) is 0. The molecule has 0 N–H and O–H groups in total. The second-order valence-electron chi connectivity index (χ2n) is 5.72. The highest BCUT2D eigenvalue weighted by atomic mass is 35.5. The molecule has 0 fully saturated rings. The Balaban J connectivity index is 1.96. The molecule has 2 aromatic carbocycles. The number of esters is 2. The van der Waals surface area contributed by atoms with Crippen LogP contribution in [0.15, 0.2) is 40.8 Å². The van der Waals surface area contributed by atoms with Crippen LogP contribution in [0.4, 0.5) is 5.69 Å². The van der Waals surface area contributed by atoms with Crippen LogP contribution in [0.5, 0.6) is 5.75 Å². The van der Waals surface area contributed by atoms with Crippen molar-refractivity contribution in [2.24, 2.45) is 0 Å². The van der Waals surface area contributed by atoms with Crippen molar-refractivity contribution < 1.29 is 28.4 Å². The second kappa shape index (κ2) is 7.69. The Bertz CT molecular complexity index is 1100. The first-order chi connectivity index (χ1) is 13.3. The van der Waals surface area contributed by atoms with Gasteiger partial charge in [-0.15, -0.1) is 0 Å². The van der Waals surface area contributed by atoms with Gasteiger partial charge in [0.15, 0.2) is 0 Å². The van der Waals surface area contributed by atoms with E-state index in [2.05, 4.69) is 0 Å². The van der Waals surface area contributed by atoms with Crippen molar-refractivity contribution in [2.75, 3.05) is 6.61 Å². The molecular formula is C19H14ClNO7. The van der Waals surface area contributed by atoms with Crippen molar-refractivity contribution in [2.45, 2.75) is 13.8 Å². The van der Waals surface area contributed by atoms with E-state index in [0.717, 1.165) is 6.07 Å². The van der Waals surface area contributed by atoms with Crippen LogP contribution in [0.2, 0.25) is 5.02 Å². The summed E-state index contributed by atoms with van der Waals surface area (Å²) in [6.45, 7) is 3.51. The molecule has 28 heavy (non-hydrogen) atoms. The SMILES string of the molecule is CCOC(=O)c1c(C)oc2ccc(OC(=O)c3cc([N+](=O)[O-])ccc3Cl)cc12. The minimum absolute atomic E-state index is 0.0167. The van der Waals surface area contributed by atoms with Crippen molar-refractivity contribution in [1.29, 1.82) is 0 Å². The molecule has 0 unspecified atom stereocenters. The lowest BCUT2D eigenvalue weighted by Crippen LogP contribution is -2.10. The normalized spacial score (nSPS) is 10.7. The maximum atomic E-state index is 12.4. The first kappa shape index (κ1) is 19.4. The van der Waals surface area contributed by atoms with Gasteiger partial charge in [0.2, 0.25) is 0 Å².